The third-order valence-corrected chi connectivity index (χ3v) is 2.68. The van der Waals surface area contributed by atoms with Crippen LogP contribution in [0.4, 0.5) is 11.7 Å². The monoisotopic (exact) mass is 280 g/mol. The molecule has 2 rings (SSSR count). The van der Waals surface area contributed by atoms with Crippen LogP contribution in [-0.4, -0.2) is 17.6 Å². The first-order valence-corrected chi connectivity index (χ1v) is 6.13. The lowest BCUT2D eigenvalue weighted by Gasteiger charge is -2.05. The normalized spacial score (nSPS) is 10.3. The number of aromatic nitrogens is 1. The van der Waals surface area contributed by atoms with Crippen molar-refractivity contribution in [2.45, 2.75) is 13.8 Å². The molecular weight excluding hydrogens is 268 g/mol. The van der Waals surface area contributed by atoms with E-state index >= 15 is 0 Å². The van der Waals surface area contributed by atoms with Gasteiger partial charge in [-0.05, 0) is 31.5 Å². The zero-order chi connectivity index (χ0) is 13.8. The van der Waals surface area contributed by atoms with Gasteiger partial charge in [0.05, 0.1) is 17.3 Å². The number of ether oxygens (including phenoxy) is 1. The molecule has 0 aliphatic rings. The van der Waals surface area contributed by atoms with Gasteiger partial charge in [0.2, 0.25) is 0 Å². The van der Waals surface area contributed by atoms with Crippen molar-refractivity contribution in [2.75, 3.05) is 11.9 Å². The molecule has 0 atom stereocenters. The summed E-state index contributed by atoms with van der Waals surface area (Å²) in [5.41, 5.74) is 1.83. The van der Waals surface area contributed by atoms with E-state index in [1.165, 1.54) is 6.26 Å². The van der Waals surface area contributed by atoms with Gasteiger partial charge in [-0.3, -0.25) is 0 Å². The van der Waals surface area contributed by atoms with Crippen LogP contribution in [0.1, 0.15) is 23.0 Å². The van der Waals surface area contributed by atoms with Crippen molar-refractivity contribution >= 4 is 29.3 Å². The van der Waals surface area contributed by atoms with Crippen molar-refractivity contribution in [3.05, 3.63) is 40.7 Å². The van der Waals surface area contributed by atoms with Gasteiger partial charge in [-0.25, -0.2) is 4.79 Å². The molecule has 0 unspecified atom stereocenters. The first-order chi connectivity index (χ1) is 9.10. The van der Waals surface area contributed by atoms with Crippen LogP contribution in [0.2, 0.25) is 5.02 Å². The molecule has 1 N–H and O–H groups in total. The van der Waals surface area contributed by atoms with E-state index in [2.05, 4.69) is 10.3 Å². The number of halogens is 1. The molecule has 0 saturated carbocycles. The number of nitrogens with zero attached hydrogens (tertiary/aromatic N) is 1. The highest BCUT2D eigenvalue weighted by atomic mass is 35.5. The Morgan fingerprint density at radius 2 is 2.32 bits per heavy atom. The van der Waals surface area contributed by atoms with Crippen molar-refractivity contribution in [1.29, 1.82) is 0 Å². The molecule has 0 aliphatic carbocycles. The van der Waals surface area contributed by atoms with Crippen LogP contribution in [0.5, 0.6) is 0 Å². The predicted octanol–water partition coefficient (Wildman–Crippen LogP) is 3.56. The highest BCUT2D eigenvalue weighted by molar-refractivity contribution is 6.33. The Morgan fingerprint density at radius 1 is 1.53 bits per heavy atom. The van der Waals surface area contributed by atoms with Crippen molar-refractivity contribution in [2.24, 2.45) is 0 Å². The van der Waals surface area contributed by atoms with E-state index in [4.69, 9.17) is 20.8 Å². The second-order valence-electron chi connectivity index (χ2n) is 3.87. The third kappa shape index (κ3) is 3.26. The number of aryl methyl sites for hydroxylation is 1. The molecule has 6 heteroatoms. The van der Waals surface area contributed by atoms with Gasteiger partial charge in [0.25, 0.3) is 6.01 Å². The van der Waals surface area contributed by atoms with Crippen LogP contribution < -0.4 is 5.32 Å². The quantitative estimate of drug-likeness (QED) is 0.868. The standard InChI is InChI=1S/C13H13ClN2O3/c1-3-18-12(17)11-7-19-13(16-11)15-10-6-8(2)4-5-9(10)14/h4-7H,3H2,1-2H3,(H,15,16). The van der Waals surface area contributed by atoms with E-state index in [1.54, 1.807) is 13.0 Å². The summed E-state index contributed by atoms with van der Waals surface area (Å²) < 4.78 is 9.97. The van der Waals surface area contributed by atoms with Crippen LogP contribution in [-0.2, 0) is 4.74 Å². The number of oxazole rings is 1. The first-order valence-electron chi connectivity index (χ1n) is 5.76. The highest BCUT2D eigenvalue weighted by Crippen LogP contribution is 2.26. The fourth-order valence-electron chi connectivity index (χ4n) is 1.48. The molecule has 1 aromatic carbocycles. The maximum atomic E-state index is 11.4. The minimum Gasteiger partial charge on any atom is -0.461 e. The lowest BCUT2D eigenvalue weighted by atomic mass is 10.2. The van der Waals surface area contributed by atoms with E-state index in [9.17, 15) is 4.79 Å². The maximum Gasteiger partial charge on any atom is 0.360 e. The predicted molar refractivity (Wildman–Crippen MR) is 71.9 cm³/mol. The fraction of sp³-hybridized carbons (Fsp3) is 0.231. The molecule has 0 saturated heterocycles. The zero-order valence-electron chi connectivity index (χ0n) is 10.6. The molecular formula is C13H13ClN2O3. The Hall–Kier alpha value is -2.01. The minimum absolute atomic E-state index is 0.119. The minimum atomic E-state index is -0.519. The number of carbonyl (C=O) groups excluding carboxylic acids is 1. The molecule has 1 heterocycles. The maximum absolute atomic E-state index is 11.4. The molecule has 19 heavy (non-hydrogen) atoms. The van der Waals surface area contributed by atoms with Crippen LogP contribution in [0.25, 0.3) is 0 Å². The van der Waals surface area contributed by atoms with E-state index in [-0.39, 0.29) is 18.3 Å². The first kappa shape index (κ1) is 13.4. The van der Waals surface area contributed by atoms with Gasteiger partial charge in [-0.2, -0.15) is 4.98 Å². The number of hydrogen-bond acceptors (Lipinski definition) is 5. The van der Waals surface area contributed by atoms with Gasteiger partial charge in [0.1, 0.15) is 6.26 Å². The van der Waals surface area contributed by atoms with E-state index in [0.717, 1.165) is 5.56 Å². The van der Waals surface area contributed by atoms with E-state index in [0.29, 0.717) is 10.7 Å². The Labute approximate surface area is 115 Å². The van der Waals surface area contributed by atoms with Gasteiger partial charge < -0.3 is 14.5 Å². The summed E-state index contributed by atoms with van der Waals surface area (Å²) in [6.07, 6.45) is 1.24. The molecule has 0 fully saturated rings. The summed E-state index contributed by atoms with van der Waals surface area (Å²) >= 11 is 6.04. The smallest absolute Gasteiger partial charge is 0.360 e. The number of benzene rings is 1. The lowest BCUT2D eigenvalue weighted by molar-refractivity contribution is 0.0519. The summed E-state index contributed by atoms with van der Waals surface area (Å²) in [6.45, 7) is 3.96. The van der Waals surface area contributed by atoms with Gasteiger partial charge in [-0.15, -0.1) is 0 Å². The molecule has 0 spiro atoms. The molecule has 0 aliphatic heterocycles. The summed E-state index contributed by atoms with van der Waals surface area (Å²) in [6, 6.07) is 5.72. The number of esters is 1. The molecule has 0 bridgehead atoms. The van der Waals surface area contributed by atoms with Crippen LogP contribution in [0.15, 0.2) is 28.9 Å². The highest BCUT2D eigenvalue weighted by Gasteiger charge is 2.13. The Kier molecular flexibility index (Phi) is 4.06. The second kappa shape index (κ2) is 5.75. The summed E-state index contributed by atoms with van der Waals surface area (Å²) in [7, 11) is 0. The second-order valence-corrected chi connectivity index (χ2v) is 4.27. The average Bonchev–Trinajstić information content (AvgIpc) is 2.83. The third-order valence-electron chi connectivity index (χ3n) is 2.35. The van der Waals surface area contributed by atoms with Crippen molar-refractivity contribution in [1.82, 2.24) is 4.98 Å². The zero-order valence-corrected chi connectivity index (χ0v) is 11.3. The van der Waals surface area contributed by atoms with E-state index in [1.807, 2.05) is 19.1 Å². The van der Waals surface area contributed by atoms with Crippen LogP contribution >= 0.6 is 11.6 Å². The largest absolute Gasteiger partial charge is 0.461 e. The molecule has 100 valence electrons. The number of anilines is 2. The van der Waals surface area contributed by atoms with Gasteiger partial charge in [0, 0.05) is 0 Å². The van der Waals surface area contributed by atoms with E-state index < -0.39 is 5.97 Å². The summed E-state index contributed by atoms with van der Waals surface area (Å²) in [4.78, 5) is 15.4. The number of rotatable bonds is 4. The number of hydrogen-bond donors (Lipinski definition) is 1. The fourth-order valence-corrected chi connectivity index (χ4v) is 1.64. The summed E-state index contributed by atoms with van der Waals surface area (Å²) in [5.74, 6) is -0.519. The number of nitrogens with one attached hydrogen (secondary N) is 1. The molecule has 2 aromatic rings. The molecule has 5 nitrogen and oxygen atoms in total. The van der Waals surface area contributed by atoms with Crippen molar-refractivity contribution < 1.29 is 13.9 Å². The van der Waals surface area contributed by atoms with Gasteiger partial charge >= 0.3 is 5.97 Å². The topological polar surface area (TPSA) is 64.4 Å². The van der Waals surface area contributed by atoms with Crippen LogP contribution in [0, 0.1) is 6.92 Å². The Morgan fingerprint density at radius 3 is 3.05 bits per heavy atom. The van der Waals surface area contributed by atoms with Gasteiger partial charge in [0.15, 0.2) is 5.69 Å². The Bertz CT molecular complexity index is 595. The van der Waals surface area contributed by atoms with Crippen molar-refractivity contribution in [3.63, 3.8) is 0 Å². The average molecular weight is 281 g/mol. The molecule has 1 aromatic heterocycles. The Balaban J connectivity index is 2.15. The SMILES string of the molecule is CCOC(=O)c1coc(Nc2cc(C)ccc2Cl)n1. The molecule has 0 amide bonds. The van der Waals surface area contributed by atoms with Crippen LogP contribution in [0.3, 0.4) is 0 Å². The van der Waals surface area contributed by atoms with Gasteiger partial charge in [-0.1, -0.05) is 17.7 Å². The summed E-state index contributed by atoms with van der Waals surface area (Å²) in [5, 5.41) is 3.46. The van der Waals surface area contributed by atoms with Crippen molar-refractivity contribution in [3.8, 4) is 0 Å². The molecule has 0 radical (unpaired) electrons. The lowest BCUT2D eigenvalue weighted by Crippen LogP contribution is -2.05. The number of carbonyl (C=O) groups is 1.